The molecular weight excluding hydrogens is 564 g/mol. The van der Waals surface area contributed by atoms with Crippen LogP contribution in [0.3, 0.4) is 0 Å². The molecule has 0 radical (unpaired) electrons. The summed E-state index contributed by atoms with van der Waals surface area (Å²) in [5.41, 5.74) is 0.330. The Hall–Kier alpha value is -3.34. The van der Waals surface area contributed by atoms with Crippen molar-refractivity contribution in [1.82, 2.24) is 0 Å². The van der Waals surface area contributed by atoms with Crippen LogP contribution in [0.4, 0.5) is 0 Å². The molecule has 0 spiro atoms. The molecule has 9 heteroatoms. The molecule has 1 heterocycles. The van der Waals surface area contributed by atoms with Crippen LogP contribution in [0.5, 0.6) is 0 Å². The number of unbranched alkanes of at least 4 members (excludes halogenated alkanes) is 1. The molecule has 1 aliphatic rings. The molecule has 8 nitrogen and oxygen atoms in total. The smallest absolute Gasteiger partial charge is 0.338 e. The third kappa shape index (κ3) is 7.08. The first-order chi connectivity index (χ1) is 20.6. The maximum atomic E-state index is 13.4. The molecule has 2 N–H and O–H groups in total. The molecule has 0 aromatic heterocycles. The predicted octanol–water partition coefficient (Wildman–Crippen LogP) is 3.62. The standard InChI is InChI=1S/C34H42O8Si/c1-5-6-22-40-30-28(35)31(33(37)39-4)41-27(29(30)42-32(36)24-16-10-7-11-17-24)23-34(2,3)43(38,25-18-12-8-13-19-25)26-20-14-9-15-21-26/h7-21,27-31,35,38H,5-6,22-23H2,1-4H3/t27-,28-,29?,30?,31?/m0/s1. The molecule has 5 atom stereocenters. The lowest BCUT2D eigenvalue weighted by Gasteiger charge is -2.48. The molecule has 0 amide bonds. The number of hydrogen-bond acceptors (Lipinski definition) is 8. The number of hydrogen-bond donors (Lipinski definition) is 2. The van der Waals surface area contributed by atoms with E-state index in [1.54, 1.807) is 30.3 Å². The van der Waals surface area contributed by atoms with Gasteiger partial charge in [0, 0.05) is 6.61 Å². The van der Waals surface area contributed by atoms with Gasteiger partial charge in [-0.2, -0.15) is 0 Å². The molecule has 3 unspecified atom stereocenters. The topological polar surface area (TPSA) is 112 Å². The molecule has 0 bridgehead atoms. The first-order valence-corrected chi connectivity index (χ1v) is 16.7. The summed E-state index contributed by atoms with van der Waals surface area (Å²) in [7, 11) is -2.29. The molecule has 43 heavy (non-hydrogen) atoms. The van der Waals surface area contributed by atoms with Crippen LogP contribution >= 0.6 is 0 Å². The second kappa shape index (κ2) is 14.4. The average Bonchev–Trinajstić information content (AvgIpc) is 3.03. The van der Waals surface area contributed by atoms with Gasteiger partial charge in [0.1, 0.15) is 12.2 Å². The highest BCUT2D eigenvalue weighted by molar-refractivity contribution is 6.98. The van der Waals surface area contributed by atoms with E-state index >= 15 is 0 Å². The lowest BCUT2D eigenvalue weighted by atomic mass is 9.89. The van der Waals surface area contributed by atoms with Crippen LogP contribution in [0.1, 0.15) is 50.4 Å². The maximum absolute atomic E-state index is 13.4. The molecule has 230 valence electrons. The summed E-state index contributed by atoms with van der Waals surface area (Å²) >= 11 is 0. The normalized spacial score (nSPS) is 22.5. The molecule has 1 fully saturated rings. The minimum atomic E-state index is -3.51. The fourth-order valence-corrected chi connectivity index (χ4v) is 9.57. The summed E-state index contributed by atoms with van der Waals surface area (Å²) in [6, 6.07) is 27.6. The number of methoxy groups -OCH3 is 1. The largest absolute Gasteiger partial charge is 0.467 e. The van der Waals surface area contributed by atoms with Gasteiger partial charge < -0.3 is 28.8 Å². The van der Waals surface area contributed by atoms with Crippen LogP contribution in [0.25, 0.3) is 0 Å². The van der Waals surface area contributed by atoms with Crippen LogP contribution < -0.4 is 10.4 Å². The monoisotopic (exact) mass is 606 g/mol. The predicted molar refractivity (Wildman–Crippen MR) is 166 cm³/mol. The van der Waals surface area contributed by atoms with Gasteiger partial charge in [-0.15, -0.1) is 0 Å². The fraction of sp³-hybridized carbons (Fsp3) is 0.412. The van der Waals surface area contributed by atoms with E-state index < -0.39 is 55.8 Å². The van der Waals surface area contributed by atoms with E-state index in [4.69, 9.17) is 18.9 Å². The van der Waals surface area contributed by atoms with Crippen molar-refractivity contribution in [3.05, 3.63) is 96.6 Å². The molecular formula is C34H42O8Si. The van der Waals surface area contributed by atoms with Gasteiger partial charge in [-0.1, -0.05) is 106 Å². The van der Waals surface area contributed by atoms with Gasteiger partial charge >= 0.3 is 11.9 Å². The highest BCUT2D eigenvalue weighted by Crippen LogP contribution is 2.43. The Morgan fingerprint density at radius 1 is 0.884 bits per heavy atom. The van der Waals surface area contributed by atoms with E-state index in [1.165, 1.54) is 7.11 Å². The van der Waals surface area contributed by atoms with Crippen molar-refractivity contribution in [2.45, 2.75) is 75.6 Å². The van der Waals surface area contributed by atoms with E-state index in [9.17, 15) is 19.5 Å². The number of aliphatic hydroxyl groups excluding tert-OH is 1. The number of benzene rings is 3. The third-order valence-electron chi connectivity index (χ3n) is 8.23. The van der Waals surface area contributed by atoms with Crippen LogP contribution in [-0.2, 0) is 23.7 Å². The number of carbonyl (C=O) groups excluding carboxylic acids is 2. The van der Waals surface area contributed by atoms with Crippen LogP contribution in [0.15, 0.2) is 91.0 Å². The first kappa shape index (κ1) is 32.6. The summed E-state index contributed by atoms with van der Waals surface area (Å²) < 4.78 is 23.5. The van der Waals surface area contributed by atoms with Gasteiger partial charge in [-0.3, -0.25) is 0 Å². The summed E-state index contributed by atoms with van der Waals surface area (Å²) in [6.07, 6.45) is -4.16. The number of esters is 2. The van der Waals surface area contributed by atoms with E-state index in [0.717, 1.165) is 16.8 Å². The zero-order valence-electron chi connectivity index (χ0n) is 25.2. The van der Waals surface area contributed by atoms with Crippen molar-refractivity contribution in [2.24, 2.45) is 0 Å². The lowest BCUT2D eigenvalue weighted by Crippen LogP contribution is -2.68. The Kier molecular flexibility index (Phi) is 10.9. The summed E-state index contributed by atoms with van der Waals surface area (Å²) in [5, 5.41) is 12.1. The first-order valence-electron chi connectivity index (χ1n) is 14.8. The third-order valence-corrected chi connectivity index (χ3v) is 12.7. The van der Waals surface area contributed by atoms with E-state index in [2.05, 4.69) is 0 Å². The highest BCUT2D eigenvalue weighted by atomic mass is 28.4. The molecule has 1 aliphatic heterocycles. The zero-order chi connectivity index (χ0) is 31.0. The minimum absolute atomic E-state index is 0.181. The van der Waals surface area contributed by atoms with Gasteiger partial charge in [0.2, 0.25) is 0 Å². The Morgan fingerprint density at radius 2 is 1.42 bits per heavy atom. The number of aliphatic hydroxyl groups is 1. The molecule has 0 saturated carbocycles. The van der Waals surface area contributed by atoms with Crippen LogP contribution in [-0.4, -0.2) is 74.4 Å². The minimum Gasteiger partial charge on any atom is -0.467 e. The second-order valence-corrected chi connectivity index (χ2v) is 15.5. The van der Waals surface area contributed by atoms with Gasteiger partial charge in [-0.05, 0) is 40.4 Å². The Balaban J connectivity index is 1.78. The van der Waals surface area contributed by atoms with Gasteiger partial charge in [0.15, 0.2) is 12.2 Å². The van der Waals surface area contributed by atoms with Crippen molar-refractivity contribution in [1.29, 1.82) is 0 Å². The summed E-state index contributed by atoms with van der Waals surface area (Å²) in [6.45, 7) is 6.22. The van der Waals surface area contributed by atoms with Crippen molar-refractivity contribution in [3.63, 3.8) is 0 Å². The summed E-state index contributed by atoms with van der Waals surface area (Å²) in [4.78, 5) is 39.0. The summed E-state index contributed by atoms with van der Waals surface area (Å²) in [5.74, 6) is -1.37. The van der Waals surface area contributed by atoms with Gasteiger partial charge in [0.25, 0.3) is 8.32 Å². The Bertz CT molecular complexity index is 1280. The number of carbonyl (C=O) groups is 2. The van der Waals surface area contributed by atoms with Crippen molar-refractivity contribution in [3.8, 4) is 0 Å². The van der Waals surface area contributed by atoms with Crippen LogP contribution in [0, 0.1) is 0 Å². The Labute approximate surface area is 254 Å². The zero-order valence-corrected chi connectivity index (χ0v) is 26.2. The SMILES string of the molecule is CCCCOC1C(OC(=O)c2ccccc2)[C@H](CC(C)(C)[Si](O)(c2ccccc2)c2ccccc2)OC(C(=O)OC)[C@H]1O. The Morgan fingerprint density at radius 3 is 1.93 bits per heavy atom. The lowest BCUT2D eigenvalue weighted by molar-refractivity contribution is -0.241. The highest BCUT2D eigenvalue weighted by Gasteiger charge is 2.56. The van der Waals surface area contributed by atoms with Crippen molar-refractivity contribution in [2.75, 3.05) is 13.7 Å². The average molecular weight is 607 g/mol. The molecule has 3 aromatic carbocycles. The van der Waals surface area contributed by atoms with E-state index in [1.807, 2.05) is 81.4 Å². The fourth-order valence-electron chi connectivity index (χ4n) is 5.82. The quantitative estimate of drug-likeness (QED) is 0.183. The van der Waals surface area contributed by atoms with Gasteiger partial charge in [0.05, 0.1) is 18.8 Å². The van der Waals surface area contributed by atoms with E-state index in [0.29, 0.717) is 12.0 Å². The van der Waals surface area contributed by atoms with Gasteiger partial charge in [-0.25, -0.2) is 9.59 Å². The molecule has 3 aromatic rings. The number of rotatable bonds is 12. The maximum Gasteiger partial charge on any atom is 0.338 e. The molecule has 1 saturated heterocycles. The van der Waals surface area contributed by atoms with Crippen molar-refractivity contribution >= 4 is 30.6 Å². The van der Waals surface area contributed by atoms with Crippen LogP contribution in [0.2, 0.25) is 5.04 Å². The van der Waals surface area contributed by atoms with Crippen molar-refractivity contribution < 1.29 is 38.4 Å². The van der Waals surface area contributed by atoms with E-state index in [-0.39, 0.29) is 13.0 Å². The second-order valence-electron chi connectivity index (χ2n) is 11.6. The molecule has 0 aliphatic carbocycles. The molecule has 4 rings (SSSR count). The number of ether oxygens (including phenoxy) is 4.